The number of hydrogen-bond donors (Lipinski definition) is 1. The molecule has 2 atom stereocenters. The summed E-state index contributed by atoms with van der Waals surface area (Å²) in [6.07, 6.45) is 9.25. The Morgan fingerprint density at radius 2 is 2.12 bits per heavy atom. The summed E-state index contributed by atoms with van der Waals surface area (Å²) >= 11 is 0. The lowest BCUT2D eigenvalue weighted by molar-refractivity contribution is -0.137. The molecule has 3 aliphatic rings. The predicted octanol–water partition coefficient (Wildman–Crippen LogP) is 4.86. The maximum Gasteiger partial charge on any atom is 0.303 e. The molecule has 7 nitrogen and oxygen atoms in total. The number of hydrogen-bond acceptors (Lipinski definition) is 5. The quantitative estimate of drug-likeness (QED) is 0.481. The minimum Gasteiger partial charge on any atom is -0.481 e. The van der Waals surface area contributed by atoms with E-state index in [1.807, 2.05) is 18.2 Å². The van der Waals surface area contributed by atoms with Crippen molar-refractivity contribution in [3.63, 3.8) is 0 Å². The van der Waals surface area contributed by atoms with Crippen molar-refractivity contribution in [1.29, 1.82) is 0 Å². The largest absolute Gasteiger partial charge is 0.481 e. The highest BCUT2D eigenvalue weighted by molar-refractivity contribution is 5.83. The fourth-order valence-electron chi connectivity index (χ4n) is 5.02. The van der Waals surface area contributed by atoms with E-state index in [2.05, 4.69) is 5.16 Å². The molecule has 3 aliphatic carbocycles. The SMILES string of the molecule is O=C(O)CCCCc1nc2cc(-c3cc(C4CC4)on3)ccc2c(=O)n1C12C=CC(F)=CC1C2. The molecule has 0 saturated heterocycles. The number of nitrogens with zero attached hydrogens (tertiary/aromatic N) is 3. The first-order valence-corrected chi connectivity index (χ1v) is 11.8. The van der Waals surface area contributed by atoms with E-state index in [1.54, 1.807) is 22.8 Å². The van der Waals surface area contributed by atoms with Crippen LogP contribution < -0.4 is 5.56 Å². The van der Waals surface area contributed by atoms with Gasteiger partial charge in [-0.05, 0) is 56.4 Å². The minimum absolute atomic E-state index is 0.0685. The van der Waals surface area contributed by atoms with E-state index >= 15 is 0 Å². The Hall–Kier alpha value is -3.55. The molecule has 1 aromatic carbocycles. The van der Waals surface area contributed by atoms with Crippen molar-refractivity contribution in [2.75, 3.05) is 0 Å². The number of aliphatic carboxylic acids is 1. The number of halogens is 1. The van der Waals surface area contributed by atoms with Crippen molar-refractivity contribution in [1.82, 2.24) is 14.7 Å². The maximum atomic E-state index is 13.8. The molecule has 2 heterocycles. The van der Waals surface area contributed by atoms with Gasteiger partial charge in [-0.15, -0.1) is 0 Å². The molecule has 8 heteroatoms. The van der Waals surface area contributed by atoms with Gasteiger partial charge in [0.05, 0.1) is 16.4 Å². The Kier molecular flexibility index (Phi) is 4.79. The van der Waals surface area contributed by atoms with Crippen LogP contribution in [0.2, 0.25) is 0 Å². The first-order valence-electron chi connectivity index (χ1n) is 11.8. The van der Waals surface area contributed by atoms with Crippen molar-refractivity contribution < 1.29 is 18.8 Å². The predicted molar refractivity (Wildman–Crippen MR) is 123 cm³/mol. The van der Waals surface area contributed by atoms with Gasteiger partial charge in [0.2, 0.25) is 0 Å². The second-order valence-corrected chi connectivity index (χ2v) is 9.58. The lowest BCUT2D eigenvalue weighted by Crippen LogP contribution is -2.35. The van der Waals surface area contributed by atoms with E-state index in [0.29, 0.717) is 48.3 Å². The average molecular weight is 461 g/mol. The minimum atomic E-state index is -0.844. The highest BCUT2D eigenvalue weighted by Gasteiger charge is 2.55. The molecule has 0 aliphatic heterocycles. The van der Waals surface area contributed by atoms with Crippen molar-refractivity contribution >= 4 is 16.9 Å². The number of rotatable bonds is 8. The molecule has 34 heavy (non-hydrogen) atoms. The van der Waals surface area contributed by atoms with E-state index in [1.165, 1.54) is 6.08 Å². The van der Waals surface area contributed by atoms with Gasteiger partial charge in [0, 0.05) is 36.3 Å². The molecule has 6 rings (SSSR count). The average Bonchev–Trinajstić information content (AvgIpc) is 3.73. The van der Waals surface area contributed by atoms with Crippen molar-refractivity contribution in [2.24, 2.45) is 5.92 Å². The van der Waals surface area contributed by atoms with E-state index in [4.69, 9.17) is 14.6 Å². The Balaban J connectivity index is 1.41. The topological polar surface area (TPSA) is 98.2 Å². The van der Waals surface area contributed by atoms with Crippen LogP contribution in [0, 0.1) is 5.92 Å². The summed E-state index contributed by atoms with van der Waals surface area (Å²) in [6.45, 7) is 0. The fourth-order valence-corrected chi connectivity index (χ4v) is 5.02. The first kappa shape index (κ1) is 21.0. The summed E-state index contributed by atoms with van der Waals surface area (Å²) < 4.78 is 21.0. The number of benzene rings is 1. The summed E-state index contributed by atoms with van der Waals surface area (Å²) in [4.78, 5) is 29.5. The number of aromatic nitrogens is 3. The lowest BCUT2D eigenvalue weighted by atomic mass is 10.0. The molecule has 2 saturated carbocycles. The molecule has 2 aromatic heterocycles. The summed E-state index contributed by atoms with van der Waals surface area (Å²) in [7, 11) is 0. The highest BCUT2D eigenvalue weighted by atomic mass is 19.1. The van der Waals surface area contributed by atoms with Gasteiger partial charge >= 0.3 is 5.97 Å². The number of carboxylic acids is 1. The number of aryl methyl sites for hydroxylation is 1. The van der Waals surface area contributed by atoms with Crippen LogP contribution >= 0.6 is 0 Å². The van der Waals surface area contributed by atoms with Crippen LogP contribution in [-0.2, 0) is 16.8 Å². The molecule has 0 spiro atoms. The molecular formula is C26H24FN3O4. The zero-order chi connectivity index (χ0) is 23.4. The van der Waals surface area contributed by atoms with E-state index < -0.39 is 11.5 Å². The van der Waals surface area contributed by atoms with Crippen molar-refractivity contribution in [3.8, 4) is 11.3 Å². The van der Waals surface area contributed by atoms with Gasteiger partial charge in [-0.25, -0.2) is 9.37 Å². The zero-order valence-corrected chi connectivity index (χ0v) is 18.5. The van der Waals surface area contributed by atoms with Crippen LogP contribution in [0.1, 0.15) is 56.0 Å². The molecule has 0 amide bonds. The Labute approximate surface area is 194 Å². The Morgan fingerprint density at radius 1 is 1.26 bits per heavy atom. The third kappa shape index (κ3) is 3.57. The lowest BCUT2D eigenvalue weighted by Gasteiger charge is -2.22. The van der Waals surface area contributed by atoms with Gasteiger partial charge in [0.25, 0.3) is 5.56 Å². The highest BCUT2D eigenvalue weighted by Crippen LogP contribution is 2.55. The Bertz CT molecular complexity index is 1430. The molecule has 0 bridgehead atoms. The number of carboxylic acid groups (broad SMARTS) is 1. The maximum absolute atomic E-state index is 13.8. The standard InChI is InChI=1S/C26H24FN3O4/c27-18-9-10-26(14-17(26)12-18)30-23(3-1-2-4-24(31)32)28-21-11-16(7-8-19(21)25(30)33)20-13-22(34-29-20)15-5-6-15/h7-13,15,17H,1-6,14H2,(H,31,32). The van der Waals surface area contributed by atoms with Gasteiger partial charge < -0.3 is 9.63 Å². The third-order valence-corrected chi connectivity index (χ3v) is 7.12. The smallest absolute Gasteiger partial charge is 0.303 e. The van der Waals surface area contributed by atoms with Gasteiger partial charge in [-0.3, -0.25) is 14.2 Å². The second kappa shape index (κ2) is 7.75. The van der Waals surface area contributed by atoms with Crippen LogP contribution in [0.3, 0.4) is 0 Å². The van der Waals surface area contributed by atoms with Crippen LogP contribution in [-0.4, -0.2) is 25.8 Å². The molecule has 1 N–H and O–H groups in total. The van der Waals surface area contributed by atoms with E-state index in [-0.39, 0.29) is 23.7 Å². The number of carbonyl (C=O) groups is 1. The van der Waals surface area contributed by atoms with Crippen LogP contribution in [0.4, 0.5) is 4.39 Å². The summed E-state index contributed by atoms with van der Waals surface area (Å²) in [5, 5.41) is 13.7. The van der Waals surface area contributed by atoms with Crippen LogP contribution in [0.25, 0.3) is 22.2 Å². The van der Waals surface area contributed by atoms with Crippen LogP contribution in [0.15, 0.2) is 57.6 Å². The molecule has 174 valence electrons. The molecule has 0 radical (unpaired) electrons. The van der Waals surface area contributed by atoms with Gasteiger partial charge in [-0.2, -0.15) is 0 Å². The van der Waals surface area contributed by atoms with Gasteiger partial charge in [0.15, 0.2) is 0 Å². The summed E-state index contributed by atoms with van der Waals surface area (Å²) in [5.41, 5.74) is 1.36. The van der Waals surface area contributed by atoms with E-state index in [9.17, 15) is 14.0 Å². The zero-order valence-electron chi connectivity index (χ0n) is 18.5. The molecule has 2 fully saturated rings. The monoisotopic (exact) mass is 461 g/mol. The van der Waals surface area contributed by atoms with Gasteiger partial charge in [-0.1, -0.05) is 17.3 Å². The van der Waals surface area contributed by atoms with Crippen molar-refractivity contribution in [3.05, 3.63) is 70.3 Å². The number of fused-ring (bicyclic) bond motifs is 2. The summed E-state index contributed by atoms with van der Waals surface area (Å²) in [5.74, 6) is 0.733. The third-order valence-electron chi connectivity index (χ3n) is 7.12. The normalized spacial score (nSPS) is 23.1. The van der Waals surface area contributed by atoms with Gasteiger partial charge in [0.1, 0.15) is 23.1 Å². The Morgan fingerprint density at radius 3 is 2.88 bits per heavy atom. The van der Waals surface area contributed by atoms with E-state index in [0.717, 1.165) is 29.9 Å². The summed E-state index contributed by atoms with van der Waals surface area (Å²) in [6, 6.07) is 7.44. The number of allylic oxidation sites excluding steroid dienone is 4. The fraction of sp³-hybridized carbons (Fsp3) is 0.385. The molecular weight excluding hydrogens is 437 g/mol. The second-order valence-electron chi connectivity index (χ2n) is 9.58. The van der Waals surface area contributed by atoms with Crippen LogP contribution in [0.5, 0.6) is 0 Å². The van der Waals surface area contributed by atoms with Crippen molar-refractivity contribution in [2.45, 2.75) is 56.4 Å². The molecule has 2 unspecified atom stereocenters. The first-order chi connectivity index (χ1) is 16.4. The molecule has 3 aromatic rings. The number of unbranched alkanes of at least 4 members (excludes halogenated alkanes) is 1.